The van der Waals surface area contributed by atoms with E-state index in [1.807, 2.05) is 30.3 Å². The molecule has 1 aromatic heterocycles. The molecule has 152 valence electrons. The highest BCUT2D eigenvalue weighted by atomic mass is 35.5. The number of carbonyl (C=O) groups is 1. The Balaban J connectivity index is 0.00000280. The number of quaternary nitrogens is 1. The number of anilines is 2. The third-order valence-electron chi connectivity index (χ3n) is 4.58. The van der Waals surface area contributed by atoms with Crippen molar-refractivity contribution >= 4 is 40.3 Å². The first kappa shape index (κ1) is 23.1. The highest BCUT2D eigenvalue weighted by Crippen LogP contribution is 2.47. The van der Waals surface area contributed by atoms with Gasteiger partial charge in [-0.1, -0.05) is 49.5 Å². The molecule has 2 aromatic rings. The monoisotopic (exact) mass is 437 g/mol. The van der Waals surface area contributed by atoms with Crippen LogP contribution in [0, 0.1) is 0 Å². The molecular formula is C21H28ClN3OS2. The van der Waals surface area contributed by atoms with Crippen LogP contribution in [0.1, 0.15) is 33.1 Å². The summed E-state index contributed by atoms with van der Waals surface area (Å²) in [6, 6.07) is 12.0. The zero-order valence-electron chi connectivity index (χ0n) is 16.5. The molecule has 0 saturated heterocycles. The van der Waals surface area contributed by atoms with Crippen molar-refractivity contribution in [3.63, 3.8) is 0 Å². The average Bonchev–Trinajstić information content (AvgIpc) is 2.69. The van der Waals surface area contributed by atoms with Crippen LogP contribution in [0.2, 0.25) is 0 Å². The van der Waals surface area contributed by atoms with E-state index in [1.165, 1.54) is 37.7 Å². The van der Waals surface area contributed by atoms with Crippen molar-refractivity contribution in [2.75, 3.05) is 30.3 Å². The summed E-state index contributed by atoms with van der Waals surface area (Å²) in [7, 11) is 0. The molecule has 0 radical (unpaired) electrons. The summed E-state index contributed by atoms with van der Waals surface area (Å²) in [5, 5.41) is 0.0650. The van der Waals surface area contributed by atoms with Gasteiger partial charge in [-0.3, -0.25) is 9.69 Å². The van der Waals surface area contributed by atoms with Crippen molar-refractivity contribution in [2.24, 2.45) is 0 Å². The number of carbonyl (C=O) groups excluding carboxylic acids is 1. The number of nitrogens with zero attached hydrogens (tertiary/aromatic N) is 2. The van der Waals surface area contributed by atoms with Gasteiger partial charge >= 0.3 is 0 Å². The maximum atomic E-state index is 13.1. The highest BCUT2D eigenvalue weighted by molar-refractivity contribution is 8.13. The number of amides is 1. The second-order valence-electron chi connectivity index (χ2n) is 6.70. The fraction of sp³-hybridized carbons (Fsp3) is 0.429. The predicted octanol–water partition coefficient (Wildman–Crippen LogP) is 1.64. The lowest BCUT2D eigenvalue weighted by Gasteiger charge is -2.29. The van der Waals surface area contributed by atoms with Crippen LogP contribution < -0.4 is 22.2 Å². The molecule has 0 aliphatic carbocycles. The van der Waals surface area contributed by atoms with Crippen molar-refractivity contribution in [3.8, 4) is 0 Å². The Morgan fingerprint density at radius 2 is 1.79 bits per heavy atom. The SMILES string of the molecule is CCC[NH+](CCC)CCCSC(=O)N1c2ccccc2Sc2cccnc21.[Cl-]. The van der Waals surface area contributed by atoms with E-state index in [4.69, 9.17) is 0 Å². The Hall–Kier alpha value is -1.21. The molecule has 7 heteroatoms. The van der Waals surface area contributed by atoms with E-state index >= 15 is 0 Å². The molecule has 1 aliphatic heterocycles. The van der Waals surface area contributed by atoms with Gasteiger partial charge < -0.3 is 17.3 Å². The second-order valence-corrected chi connectivity index (χ2v) is 8.83. The first-order valence-corrected chi connectivity index (χ1v) is 11.6. The maximum Gasteiger partial charge on any atom is 0.291 e. The summed E-state index contributed by atoms with van der Waals surface area (Å²) in [5.41, 5.74) is 0.940. The highest BCUT2D eigenvalue weighted by Gasteiger charge is 2.29. The molecule has 1 N–H and O–H groups in total. The Morgan fingerprint density at radius 1 is 1.07 bits per heavy atom. The van der Waals surface area contributed by atoms with Gasteiger partial charge in [0.2, 0.25) is 0 Å². The number of rotatable bonds is 8. The van der Waals surface area contributed by atoms with Crippen molar-refractivity contribution in [1.29, 1.82) is 0 Å². The number of fused-ring (bicyclic) bond motifs is 2. The Labute approximate surface area is 182 Å². The van der Waals surface area contributed by atoms with Crippen LogP contribution >= 0.6 is 23.5 Å². The van der Waals surface area contributed by atoms with Crippen molar-refractivity contribution < 1.29 is 22.1 Å². The number of nitrogens with one attached hydrogen (secondary N) is 1. The molecule has 0 atom stereocenters. The zero-order chi connectivity index (χ0) is 19.1. The van der Waals surface area contributed by atoms with Crippen LogP contribution in [-0.2, 0) is 0 Å². The minimum Gasteiger partial charge on any atom is -1.00 e. The first-order valence-electron chi connectivity index (χ1n) is 9.77. The molecule has 28 heavy (non-hydrogen) atoms. The van der Waals surface area contributed by atoms with E-state index in [9.17, 15) is 4.79 Å². The minimum atomic E-state index is 0. The maximum absolute atomic E-state index is 13.1. The Bertz CT molecular complexity index is 723. The van der Waals surface area contributed by atoms with Gasteiger partial charge in [0.1, 0.15) is 0 Å². The molecule has 0 unspecified atom stereocenters. The molecule has 0 bridgehead atoms. The fourth-order valence-corrected chi connectivity index (χ4v) is 5.21. The summed E-state index contributed by atoms with van der Waals surface area (Å²) in [5.74, 6) is 1.60. The third-order valence-corrected chi connectivity index (χ3v) is 6.60. The summed E-state index contributed by atoms with van der Waals surface area (Å²) in [6.07, 6.45) is 5.25. The van der Waals surface area contributed by atoms with Crippen LogP contribution in [0.25, 0.3) is 0 Å². The number of aromatic nitrogens is 1. The van der Waals surface area contributed by atoms with Gasteiger partial charge in [-0.15, -0.1) is 0 Å². The summed E-state index contributed by atoms with van der Waals surface area (Å²) in [6.45, 7) is 8.07. The van der Waals surface area contributed by atoms with E-state index < -0.39 is 0 Å². The lowest BCUT2D eigenvalue weighted by Crippen LogP contribution is -3.12. The Kier molecular flexibility index (Phi) is 9.65. The molecule has 2 heterocycles. The molecule has 4 nitrogen and oxygen atoms in total. The summed E-state index contributed by atoms with van der Waals surface area (Å²) in [4.78, 5) is 23.1. The number of hydrogen-bond acceptors (Lipinski definition) is 4. The van der Waals surface area contributed by atoms with Crippen LogP contribution in [0.3, 0.4) is 0 Å². The molecule has 1 amide bonds. The third kappa shape index (κ3) is 5.66. The summed E-state index contributed by atoms with van der Waals surface area (Å²) < 4.78 is 0. The van der Waals surface area contributed by atoms with Gasteiger partial charge in [0.05, 0.1) is 30.2 Å². The number of para-hydroxylation sites is 1. The molecule has 0 spiro atoms. The van der Waals surface area contributed by atoms with Crippen molar-refractivity contribution in [1.82, 2.24) is 4.98 Å². The lowest BCUT2D eigenvalue weighted by atomic mass is 10.3. The van der Waals surface area contributed by atoms with Crippen LogP contribution in [0.4, 0.5) is 16.3 Å². The summed E-state index contributed by atoms with van der Waals surface area (Å²) >= 11 is 3.09. The molecule has 1 aromatic carbocycles. The topological polar surface area (TPSA) is 37.6 Å². The van der Waals surface area contributed by atoms with E-state index in [-0.39, 0.29) is 17.6 Å². The standard InChI is InChI=1S/C21H27N3OS2.ClH/c1-3-13-23(14-4-2)15-8-16-26-21(25)24-17-9-5-6-10-18(17)27-19-11-7-12-22-20(19)24;/h5-7,9-12H,3-4,8,13-16H2,1-2H3;1H. The first-order chi connectivity index (χ1) is 13.2. The predicted molar refractivity (Wildman–Crippen MR) is 116 cm³/mol. The second kappa shape index (κ2) is 11.7. The van der Waals surface area contributed by atoms with Crippen LogP contribution in [0.15, 0.2) is 52.4 Å². The number of benzene rings is 1. The smallest absolute Gasteiger partial charge is 0.291 e. The van der Waals surface area contributed by atoms with E-state index in [1.54, 1.807) is 27.8 Å². The molecule has 0 fully saturated rings. The van der Waals surface area contributed by atoms with E-state index in [0.29, 0.717) is 0 Å². The number of thioether (sulfide) groups is 1. The molecule has 1 aliphatic rings. The van der Waals surface area contributed by atoms with Gasteiger partial charge in [0.15, 0.2) is 5.82 Å². The van der Waals surface area contributed by atoms with Gasteiger partial charge in [0.25, 0.3) is 5.24 Å². The minimum absolute atomic E-state index is 0. The molecule has 0 saturated carbocycles. The zero-order valence-corrected chi connectivity index (χ0v) is 18.9. The molecule has 3 rings (SSSR count). The normalized spacial score (nSPS) is 12.3. The van der Waals surface area contributed by atoms with Crippen LogP contribution in [0.5, 0.6) is 0 Å². The van der Waals surface area contributed by atoms with Gasteiger partial charge in [-0.2, -0.15) is 0 Å². The number of halogens is 1. The van der Waals surface area contributed by atoms with Gasteiger partial charge in [0, 0.05) is 23.3 Å². The Morgan fingerprint density at radius 3 is 2.54 bits per heavy atom. The quantitative estimate of drug-likeness (QED) is 0.637. The van der Waals surface area contributed by atoms with Gasteiger partial charge in [-0.25, -0.2) is 4.98 Å². The lowest BCUT2D eigenvalue weighted by molar-refractivity contribution is -0.900. The van der Waals surface area contributed by atoms with Crippen molar-refractivity contribution in [2.45, 2.75) is 42.9 Å². The van der Waals surface area contributed by atoms with Crippen molar-refractivity contribution in [3.05, 3.63) is 42.6 Å². The largest absolute Gasteiger partial charge is 1.00 e. The number of hydrogen-bond donors (Lipinski definition) is 1. The van der Waals surface area contributed by atoms with E-state index in [0.717, 1.165) is 40.0 Å². The van der Waals surface area contributed by atoms with Crippen LogP contribution in [-0.4, -0.2) is 35.6 Å². The van der Waals surface area contributed by atoms with E-state index in [2.05, 4.69) is 24.9 Å². The molecular weight excluding hydrogens is 410 g/mol. The fourth-order valence-electron chi connectivity index (χ4n) is 3.40. The number of pyridine rings is 1. The average molecular weight is 438 g/mol. The van der Waals surface area contributed by atoms with Gasteiger partial charge in [-0.05, 0) is 37.1 Å².